The van der Waals surface area contributed by atoms with Crippen molar-refractivity contribution in [3.05, 3.63) is 158 Å². The number of para-hydroxylation sites is 1. The van der Waals surface area contributed by atoms with Gasteiger partial charge in [-0.2, -0.15) is 9.97 Å². The molecule has 0 atom stereocenters. The zero-order valence-electron chi connectivity index (χ0n) is 31.6. The first-order chi connectivity index (χ1) is 25.0. The molecule has 0 fully saturated rings. The third-order valence-corrected chi connectivity index (χ3v) is 7.29. The van der Waals surface area contributed by atoms with Crippen molar-refractivity contribution in [1.29, 1.82) is 0 Å². The summed E-state index contributed by atoms with van der Waals surface area (Å²) in [5, 5.41) is 0.535. The van der Waals surface area contributed by atoms with E-state index in [0.717, 1.165) is 11.1 Å². The number of nitrogens with zero attached hydrogens (tertiary/aromatic N) is 4. The van der Waals surface area contributed by atoms with E-state index in [1.165, 1.54) is 0 Å². The Labute approximate surface area is 262 Å². The summed E-state index contributed by atoms with van der Waals surface area (Å²) in [4.78, 5) is 14.6. The number of fused-ring (bicyclic) bond motifs is 3. The molecule has 43 heavy (non-hydrogen) atoms. The number of hydrogen-bond acceptors (Lipinski definition) is 3. The van der Waals surface area contributed by atoms with E-state index in [9.17, 15) is 0 Å². The molecule has 0 aliphatic carbocycles. The van der Waals surface area contributed by atoms with E-state index in [0.29, 0.717) is 33.7 Å². The zero-order chi connectivity index (χ0) is 36.4. The SMILES string of the molecule is [2H]c1c([2H])c([2H])c(-c2ccc3c(c2)c2c([2H])c([2H])c([2H])c([2H])c2n3-c2nc(-c3ccccc3)nc(-c3ccc(-c4ccccc4)cc3)n2)c([2H])c1[2H]. The Balaban J connectivity index is 1.42. The van der Waals surface area contributed by atoms with E-state index >= 15 is 0 Å². The minimum absolute atomic E-state index is 0.0256. The summed E-state index contributed by atoms with van der Waals surface area (Å²) in [6, 6.07) is 28.2. The summed E-state index contributed by atoms with van der Waals surface area (Å²) in [5.41, 5.74) is 4.28. The van der Waals surface area contributed by atoms with Crippen molar-refractivity contribution >= 4 is 21.8 Å². The van der Waals surface area contributed by atoms with Crippen molar-refractivity contribution in [2.75, 3.05) is 0 Å². The summed E-state index contributed by atoms with van der Waals surface area (Å²) in [6.45, 7) is 0. The fraction of sp³-hybridized carbons (Fsp3) is 0. The van der Waals surface area contributed by atoms with Gasteiger partial charge in [-0.15, -0.1) is 0 Å². The fourth-order valence-electron chi connectivity index (χ4n) is 5.23. The largest absolute Gasteiger partial charge is 0.278 e. The maximum atomic E-state index is 9.04. The normalized spacial score (nSPS) is 14.2. The molecule has 4 heteroatoms. The molecule has 8 aromatic rings. The van der Waals surface area contributed by atoms with Crippen LogP contribution in [0.15, 0.2) is 158 Å². The van der Waals surface area contributed by atoms with E-state index < -0.39 is 30.2 Å². The van der Waals surface area contributed by atoms with Crippen LogP contribution in [0.5, 0.6) is 0 Å². The Hall–Kier alpha value is -5.87. The maximum Gasteiger partial charge on any atom is 0.238 e. The molecule has 0 saturated heterocycles. The lowest BCUT2D eigenvalue weighted by atomic mass is 10.0. The van der Waals surface area contributed by atoms with Crippen LogP contribution in [-0.2, 0) is 0 Å². The molecule has 0 spiro atoms. The highest BCUT2D eigenvalue weighted by Gasteiger charge is 2.18. The summed E-state index contributed by atoms with van der Waals surface area (Å²) in [5.74, 6) is 0.797. The van der Waals surface area contributed by atoms with Gasteiger partial charge in [0, 0.05) is 21.9 Å². The molecule has 8 rings (SSSR count). The highest BCUT2D eigenvalue weighted by atomic mass is 15.2. The second kappa shape index (κ2) is 10.5. The van der Waals surface area contributed by atoms with Crippen LogP contribution in [0, 0.1) is 0 Å². The first-order valence-electron chi connectivity index (χ1n) is 18.1. The Morgan fingerprint density at radius 3 is 1.70 bits per heavy atom. The minimum atomic E-state index is -0.514. The Kier molecular flexibility index (Phi) is 4.20. The van der Waals surface area contributed by atoms with Crippen LogP contribution in [0.3, 0.4) is 0 Å². The summed E-state index contributed by atoms with van der Waals surface area (Å²) in [6.07, 6.45) is 0. The van der Waals surface area contributed by atoms with Gasteiger partial charge in [0.15, 0.2) is 11.6 Å². The number of hydrogen-bond donors (Lipinski definition) is 0. The first-order valence-corrected chi connectivity index (χ1v) is 13.6. The average Bonchev–Trinajstić information content (AvgIpc) is 3.53. The average molecular weight is 560 g/mol. The van der Waals surface area contributed by atoms with Crippen molar-refractivity contribution in [3.8, 4) is 51.0 Å². The van der Waals surface area contributed by atoms with Crippen LogP contribution in [0.25, 0.3) is 72.8 Å². The summed E-state index contributed by atoms with van der Waals surface area (Å²) >= 11 is 0. The molecule has 4 nitrogen and oxygen atoms in total. The van der Waals surface area contributed by atoms with Crippen molar-refractivity contribution in [2.45, 2.75) is 0 Å². The fourth-order valence-corrected chi connectivity index (χ4v) is 5.23. The van der Waals surface area contributed by atoms with Crippen LogP contribution in [0.4, 0.5) is 0 Å². The van der Waals surface area contributed by atoms with E-state index in [4.69, 9.17) is 27.3 Å². The molecule has 0 aliphatic heterocycles. The van der Waals surface area contributed by atoms with Crippen LogP contribution in [0.2, 0.25) is 0 Å². The number of benzene rings is 6. The first kappa shape index (κ1) is 17.2. The van der Waals surface area contributed by atoms with Crippen molar-refractivity contribution in [2.24, 2.45) is 0 Å². The summed E-state index contributed by atoms with van der Waals surface area (Å²) in [7, 11) is 0. The van der Waals surface area contributed by atoms with Gasteiger partial charge < -0.3 is 0 Å². The molecule has 0 amide bonds. The zero-order valence-corrected chi connectivity index (χ0v) is 22.6. The Bertz CT molecular complexity index is 2690. The Morgan fingerprint density at radius 2 is 0.977 bits per heavy atom. The van der Waals surface area contributed by atoms with Gasteiger partial charge in [-0.3, -0.25) is 4.57 Å². The van der Waals surface area contributed by atoms with Crippen molar-refractivity contribution in [3.63, 3.8) is 0 Å². The van der Waals surface area contributed by atoms with Gasteiger partial charge in [0.05, 0.1) is 23.4 Å². The molecule has 0 unspecified atom stereocenters. The number of rotatable bonds is 5. The van der Waals surface area contributed by atoms with Gasteiger partial charge in [-0.1, -0.05) is 139 Å². The predicted molar refractivity (Wildman–Crippen MR) is 176 cm³/mol. The van der Waals surface area contributed by atoms with Gasteiger partial charge in [-0.25, -0.2) is 4.98 Å². The molecule has 202 valence electrons. The molecule has 2 aromatic heterocycles. The molecular weight excluding hydrogens is 524 g/mol. The van der Waals surface area contributed by atoms with Crippen LogP contribution >= 0.6 is 0 Å². The lowest BCUT2D eigenvalue weighted by molar-refractivity contribution is 0.953. The van der Waals surface area contributed by atoms with Gasteiger partial charge >= 0.3 is 0 Å². The quantitative estimate of drug-likeness (QED) is 0.211. The molecular formula is C39H26N4. The molecule has 0 aliphatic rings. The second-order valence-corrected chi connectivity index (χ2v) is 9.88. The van der Waals surface area contributed by atoms with E-state index in [1.807, 2.05) is 84.9 Å². The van der Waals surface area contributed by atoms with E-state index in [-0.39, 0.29) is 52.1 Å². The highest BCUT2D eigenvalue weighted by molar-refractivity contribution is 6.10. The minimum Gasteiger partial charge on any atom is -0.278 e. The van der Waals surface area contributed by atoms with Crippen molar-refractivity contribution in [1.82, 2.24) is 19.5 Å². The highest BCUT2D eigenvalue weighted by Crippen LogP contribution is 2.35. The molecule has 6 aromatic carbocycles. The van der Waals surface area contributed by atoms with E-state index in [2.05, 4.69) is 0 Å². The molecule has 0 radical (unpaired) electrons. The standard InChI is InChI=1S/C39H26N4/c1-4-12-27(13-5-1)29-20-22-31(23-21-29)38-40-37(30-16-8-3-9-17-30)41-39(42-38)43-35-19-11-10-18-33(35)34-26-32(24-25-36(34)43)28-14-6-2-7-15-28/h1-26H/i2D,6D,7D,10D,11D,14D,15D,18D,19D. The Morgan fingerprint density at radius 1 is 0.419 bits per heavy atom. The van der Waals surface area contributed by atoms with Gasteiger partial charge in [0.1, 0.15) is 0 Å². The maximum absolute atomic E-state index is 9.04. The van der Waals surface area contributed by atoms with Crippen LogP contribution in [0.1, 0.15) is 12.3 Å². The smallest absolute Gasteiger partial charge is 0.238 e. The van der Waals surface area contributed by atoms with Crippen LogP contribution in [-0.4, -0.2) is 19.5 Å². The van der Waals surface area contributed by atoms with Gasteiger partial charge in [0.2, 0.25) is 5.95 Å². The summed E-state index contributed by atoms with van der Waals surface area (Å²) < 4.78 is 78.3. The van der Waals surface area contributed by atoms with E-state index in [1.54, 1.807) is 22.8 Å². The van der Waals surface area contributed by atoms with Crippen LogP contribution < -0.4 is 0 Å². The third-order valence-electron chi connectivity index (χ3n) is 7.29. The lowest BCUT2D eigenvalue weighted by Gasteiger charge is -2.11. The number of aromatic nitrogens is 4. The lowest BCUT2D eigenvalue weighted by Crippen LogP contribution is -2.06. The second-order valence-electron chi connectivity index (χ2n) is 9.88. The third kappa shape index (κ3) is 4.55. The van der Waals surface area contributed by atoms with Gasteiger partial charge in [0.25, 0.3) is 0 Å². The van der Waals surface area contributed by atoms with Crippen molar-refractivity contribution < 1.29 is 12.3 Å². The van der Waals surface area contributed by atoms with Gasteiger partial charge in [-0.05, 0) is 40.4 Å². The molecule has 2 heterocycles. The topological polar surface area (TPSA) is 43.6 Å². The molecule has 0 saturated carbocycles. The predicted octanol–water partition coefficient (Wildman–Crippen LogP) is 9.64. The molecule has 0 bridgehead atoms. The monoisotopic (exact) mass is 559 g/mol. The molecule has 0 N–H and O–H groups in total.